The number of hydrogen-bond donors (Lipinski definition) is 2. The van der Waals surface area contributed by atoms with Gasteiger partial charge in [0, 0.05) is 18.4 Å². The highest BCUT2D eigenvalue weighted by atomic mass is 16.4. The molecule has 19 heavy (non-hydrogen) atoms. The summed E-state index contributed by atoms with van der Waals surface area (Å²) in [4.78, 5) is 27.0. The second-order valence-corrected chi connectivity index (χ2v) is 4.94. The number of carbonyl (C=O) groups is 2. The van der Waals surface area contributed by atoms with Gasteiger partial charge in [0.15, 0.2) is 0 Å². The van der Waals surface area contributed by atoms with E-state index in [-0.39, 0.29) is 18.4 Å². The highest BCUT2D eigenvalue weighted by Gasteiger charge is 2.31. The maximum absolute atomic E-state index is 11.9. The number of carboxylic acids is 1. The fourth-order valence-corrected chi connectivity index (χ4v) is 2.54. The number of rotatable bonds is 4. The van der Waals surface area contributed by atoms with E-state index in [1.165, 1.54) is 0 Å². The van der Waals surface area contributed by atoms with Crippen LogP contribution >= 0.6 is 0 Å². The van der Waals surface area contributed by atoms with Gasteiger partial charge in [0.05, 0.1) is 12.3 Å². The van der Waals surface area contributed by atoms with Crippen LogP contribution < -0.4 is 5.32 Å². The Morgan fingerprint density at radius 1 is 1.26 bits per heavy atom. The number of nitrogens with one attached hydrogen (secondary N) is 1. The van der Waals surface area contributed by atoms with Gasteiger partial charge in [-0.1, -0.05) is 12.8 Å². The lowest BCUT2D eigenvalue weighted by Crippen LogP contribution is -2.45. The van der Waals surface area contributed by atoms with E-state index < -0.39 is 11.9 Å². The van der Waals surface area contributed by atoms with Gasteiger partial charge in [-0.3, -0.25) is 14.6 Å². The lowest BCUT2D eigenvalue weighted by Gasteiger charge is -2.29. The van der Waals surface area contributed by atoms with Crippen LogP contribution in [0.25, 0.3) is 0 Å². The zero-order valence-electron chi connectivity index (χ0n) is 10.7. The van der Waals surface area contributed by atoms with Crippen LogP contribution in [0.5, 0.6) is 0 Å². The molecule has 1 fully saturated rings. The second-order valence-electron chi connectivity index (χ2n) is 4.94. The first kappa shape index (κ1) is 13.5. The Hall–Kier alpha value is -1.91. The van der Waals surface area contributed by atoms with Crippen molar-refractivity contribution < 1.29 is 14.7 Å². The molecule has 5 heteroatoms. The third-order valence-corrected chi connectivity index (χ3v) is 3.54. The number of amides is 1. The molecule has 0 aliphatic heterocycles. The molecule has 2 unspecified atom stereocenters. The molecule has 1 aromatic rings. The molecule has 2 rings (SSSR count). The quantitative estimate of drug-likeness (QED) is 0.859. The van der Waals surface area contributed by atoms with E-state index in [4.69, 9.17) is 5.11 Å². The molecule has 102 valence electrons. The zero-order valence-corrected chi connectivity index (χ0v) is 10.7. The van der Waals surface area contributed by atoms with Gasteiger partial charge in [-0.25, -0.2) is 0 Å². The predicted octanol–water partition coefficient (Wildman–Crippen LogP) is 1.38. The van der Waals surface area contributed by atoms with Crippen LogP contribution in [0.1, 0.15) is 31.2 Å². The standard InChI is InChI=1S/C14H18N2O3/c17-13(9-10-5-7-15-8-6-10)16-12-4-2-1-3-11(12)14(18)19/h5-8,11-12H,1-4,9H2,(H,16,17)(H,18,19). The summed E-state index contributed by atoms with van der Waals surface area (Å²) in [7, 11) is 0. The minimum absolute atomic E-state index is 0.121. The molecule has 0 spiro atoms. The Bertz CT molecular complexity index is 447. The van der Waals surface area contributed by atoms with Crippen LogP contribution in [0.4, 0.5) is 0 Å². The van der Waals surface area contributed by atoms with E-state index in [0.29, 0.717) is 6.42 Å². The Labute approximate surface area is 112 Å². The van der Waals surface area contributed by atoms with Gasteiger partial charge in [0.1, 0.15) is 0 Å². The normalized spacial score (nSPS) is 22.7. The van der Waals surface area contributed by atoms with Crippen LogP contribution in [0.2, 0.25) is 0 Å². The van der Waals surface area contributed by atoms with Crippen molar-refractivity contribution in [3.8, 4) is 0 Å². The summed E-state index contributed by atoms with van der Waals surface area (Å²) in [6, 6.07) is 3.34. The van der Waals surface area contributed by atoms with Gasteiger partial charge in [-0.2, -0.15) is 0 Å². The van der Waals surface area contributed by atoms with Crippen LogP contribution in [0, 0.1) is 5.92 Å². The highest BCUT2D eigenvalue weighted by molar-refractivity contribution is 5.80. The number of carboxylic acid groups (broad SMARTS) is 1. The molecule has 5 nitrogen and oxygen atoms in total. The summed E-state index contributed by atoms with van der Waals surface area (Å²) in [5, 5.41) is 12.0. The Kier molecular flexibility index (Phi) is 4.49. The van der Waals surface area contributed by atoms with Gasteiger partial charge >= 0.3 is 5.97 Å². The summed E-state index contributed by atoms with van der Waals surface area (Å²) in [5.41, 5.74) is 0.884. The zero-order chi connectivity index (χ0) is 13.7. The molecule has 0 aromatic carbocycles. The van der Waals surface area contributed by atoms with Crippen molar-refractivity contribution in [2.75, 3.05) is 0 Å². The fourth-order valence-electron chi connectivity index (χ4n) is 2.54. The van der Waals surface area contributed by atoms with Gasteiger partial charge in [0.2, 0.25) is 5.91 Å². The molecule has 0 bridgehead atoms. The van der Waals surface area contributed by atoms with Gasteiger partial charge in [-0.05, 0) is 30.5 Å². The minimum atomic E-state index is -0.811. The minimum Gasteiger partial charge on any atom is -0.481 e. The van der Waals surface area contributed by atoms with E-state index in [0.717, 1.165) is 24.8 Å². The van der Waals surface area contributed by atoms with Crippen molar-refractivity contribution in [2.45, 2.75) is 38.1 Å². The van der Waals surface area contributed by atoms with Gasteiger partial charge < -0.3 is 10.4 Å². The lowest BCUT2D eigenvalue weighted by atomic mass is 9.84. The molecule has 1 aliphatic carbocycles. The molecule has 1 aliphatic rings. The molecule has 1 saturated carbocycles. The Morgan fingerprint density at radius 3 is 2.63 bits per heavy atom. The first-order valence-corrected chi connectivity index (χ1v) is 6.58. The third kappa shape index (κ3) is 3.77. The Balaban J connectivity index is 1.92. The predicted molar refractivity (Wildman–Crippen MR) is 69.5 cm³/mol. The molecule has 2 N–H and O–H groups in total. The number of pyridine rings is 1. The second kappa shape index (κ2) is 6.31. The van der Waals surface area contributed by atoms with Gasteiger partial charge in [0.25, 0.3) is 0 Å². The average molecular weight is 262 g/mol. The number of hydrogen-bond acceptors (Lipinski definition) is 3. The summed E-state index contributed by atoms with van der Waals surface area (Å²) in [5.74, 6) is -1.38. The van der Waals surface area contributed by atoms with Crippen molar-refractivity contribution >= 4 is 11.9 Å². The van der Waals surface area contributed by atoms with E-state index in [9.17, 15) is 9.59 Å². The van der Waals surface area contributed by atoms with Crippen LogP contribution in [-0.4, -0.2) is 28.0 Å². The van der Waals surface area contributed by atoms with E-state index in [1.54, 1.807) is 24.5 Å². The SMILES string of the molecule is O=C(Cc1ccncc1)NC1CCCCC1C(=O)O. The first-order chi connectivity index (χ1) is 9.16. The lowest BCUT2D eigenvalue weighted by molar-refractivity contribution is -0.144. The number of nitrogens with zero attached hydrogens (tertiary/aromatic N) is 1. The van der Waals surface area contributed by atoms with Crippen LogP contribution in [0.3, 0.4) is 0 Å². The molecule has 1 heterocycles. The first-order valence-electron chi connectivity index (χ1n) is 6.58. The molecular formula is C14H18N2O3. The molecule has 0 saturated heterocycles. The van der Waals surface area contributed by atoms with Crippen molar-refractivity contribution in [1.82, 2.24) is 10.3 Å². The number of aliphatic carboxylic acids is 1. The fraction of sp³-hybridized carbons (Fsp3) is 0.500. The molecule has 2 atom stereocenters. The van der Waals surface area contributed by atoms with Crippen LogP contribution in [0.15, 0.2) is 24.5 Å². The topological polar surface area (TPSA) is 79.3 Å². The van der Waals surface area contributed by atoms with E-state index in [2.05, 4.69) is 10.3 Å². The van der Waals surface area contributed by atoms with E-state index >= 15 is 0 Å². The molecule has 1 aromatic heterocycles. The van der Waals surface area contributed by atoms with Crippen molar-refractivity contribution in [3.05, 3.63) is 30.1 Å². The third-order valence-electron chi connectivity index (χ3n) is 3.54. The van der Waals surface area contributed by atoms with Crippen molar-refractivity contribution in [3.63, 3.8) is 0 Å². The maximum atomic E-state index is 11.9. The number of carbonyl (C=O) groups excluding carboxylic acids is 1. The Morgan fingerprint density at radius 2 is 1.95 bits per heavy atom. The van der Waals surface area contributed by atoms with Gasteiger partial charge in [-0.15, -0.1) is 0 Å². The summed E-state index contributed by atoms with van der Waals surface area (Å²) in [6.07, 6.45) is 6.85. The van der Waals surface area contributed by atoms with Crippen LogP contribution in [-0.2, 0) is 16.0 Å². The summed E-state index contributed by atoms with van der Waals surface area (Å²) < 4.78 is 0. The van der Waals surface area contributed by atoms with Crippen molar-refractivity contribution in [1.29, 1.82) is 0 Å². The summed E-state index contributed by atoms with van der Waals surface area (Å²) >= 11 is 0. The average Bonchev–Trinajstić information content (AvgIpc) is 2.40. The number of aromatic nitrogens is 1. The molecule has 0 radical (unpaired) electrons. The largest absolute Gasteiger partial charge is 0.481 e. The maximum Gasteiger partial charge on any atom is 0.308 e. The monoisotopic (exact) mass is 262 g/mol. The van der Waals surface area contributed by atoms with Crippen molar-refractivity contribution in [2.24, 2.45) is 5.92 Å². The molecule has 1 amide bonds. The summed E-state index contributed by atoms with van der Waals surface area (Å²) in [6.45, 7) is 0. The molecular weight excluding hydrogens is 244 g/mol. The smallest absolute Gasteiger partial charge is 0.308 e. The highest BCUT2D eigenvalue weighted by Crippen LogP contribution is 2.24. The van der Waals surface area contributed by atoms with E-state index in [1.807, 2.05) is 0 Å².